The molecule has 1 aliphatic rings. The Bertz CT molecular complexity index is 500. The monoisotopic (exact) mass is 242 g/mol. The first kappa shape index (κ1) is 12.9. The van der Waals surface area contributed by atoms with Crippen molar-refractivity contribution in [2.45, 2.75) is 38.6 Å². The molecule has 96 valence electrons. The first-order valence-corrected chi connectivity index (χ1v) is 6.65. The summed E-state index contributed by atoms with van der Waals surface area (Å²) in [5, 5.41) is 0. The summed E-state index contributed by atoms with van der Waals surface area (Å²) < 4.78 is 0. The Morgan fingerprint density at radius 3 is 2.72 bits per heavy atom. The van der Waals surface area contributed by atoms with E-state index in [4.69, 9.17) is 11.5 Å². The lowest BCUT2D eigenvalue weighted by Crippen LogP contribution is -2.41. The molecule has 0 radical (unpaired) electrons. The maximum Gasteiger partial charge on any atom is 0.0448 e. The van der Waals surface area contributed by atoms with Crippen LogP contribution >= 0.6 is 0 Å². The molecule has 18 heavy (non-hydrogen) atoms. The quantitative estimate of drug-likeness (QED) is 0.799. The highest BCUT2D eigenvalue weighted by Crippen LogP contribution is 2.36. The first-order valence-electron chi connectivity index (χ1n) is 6.65. The van der Waals surface area contributed by atoms with Gasteiger partial charge in [-0.1, -0.05) is 38.1 Å². The molecule has 0 bridgehead atoms. The van der Waals surface area contributed by atoms with Crippen molar-refractivity contribution in [3.63, 3.8) is 0 Å². The molecule has 0 fully saturated rings. The zero-order valence-electron chi connectivity index (χ0n) is 11.2. The molecule has 1 unspecified atom stereocenters. The fourth-order valence-corrected chi connectivity index (χ4v) is 2.58. The third kappa shape index (κ3) is 2.21. The van der Waals surface area contributed by atoms with E-state index in [2.05, 4.69) is 44.2 Å². The summed E-state index contributed by atoms with van der Waals surface area (Å²) in [6.07, 6.45) is 9.22. The van der Waals surface area contributed by atoms with E-state index in [1.807, 2.05) is 6.07 Å². The zero-order valence-corrected chi connectivity index (χ0v) is 11.2. The average molecular weight is 242 g/mol. The van der Waals surface area contributed by atoms with Gasteiger partial charge >= 0.3 is 0 Å². The topological polar surface area (TPSA) is 52.0 Å². The Morgan fingerprint density at radius 1 is 1.28 bits per heavy atom. The van der Waals surface area contributed by atoms with Crippen molar-refractivity contribution in [3.8, 4) is 0 Å². The minimum Gasteiger partial charge on any atom is -0.399 e. The third-order valence-electron chi connectivity index (χ3n) is 3.85. The van der Waals surface area contributed by atoms with Gasteiger partial charge in [-0.2, -0.15) is 0 Å². The molecule has 0 saturated heterocycles. The van der Waals surface area contributed by atoms with E-state index in [1.165, 1.54) is 16.7 Å². The van der Waals surface area contributed by atoms with Gasteiger partial charge in [-0.3, -0.25) is 0 Å². The van der Waals surface area contributed by atoms with Crippen LogP contribution < -0.4 is 11.5 Å². The molecule has 0 spiro atoms. The minimum atomic E-state index is -0.241. The van der Waals surface area contributed by atoms with Gasteiger partial charge in [-0.25, -0.2) is 0 Å². The third-order valence-corrected chi connectivity index (χ3v) is 3.85. The van der Waals surface area contributed by atoms with E-state index in [0.29, 0.717) is 0 Å². The number of nitrogen functional groups attached to an aromatic ring is 1. The Kier molecular flexibility index (Phi) is 3.58. The van der Waals surface area contributed by atoms with Crippen molar-refractivity contribution in [2.24, 2.45) is 5.73 Å². The molecule has 4 N–H and O–H groups in total. The Hall–Kier alpha value is -1.54. The second-order valence-corrected chi connectivity index (χ2v) is 4.99. The van der Waals surface area contributed by atoms with E-state index < -0.39 is 0 Å². The Labute approximate surface area is 109 Å². The van der Waals surface area contributed by atoms with Crippen LogP contribution in [-0.2, 0) is 6.42 Å². The maximum absolute atomic E-state index is 6.55. The number of nitrogens with two attached hydrogens (primary N) is 2. The summed E-state index contributed by atoms with van der Waals surface area (Å²) in [6, 6.07) is 6.13. The van der Waals surface area contributed by atoms with Crippen LogP contribution in [-0.4, -0.2) is 5.54 Å². The predicted octanol–water partition coefficient (Wildman–Crippen LogP) is 3.28. The van der Waals surface area contributed by atoms with Gasteiger partial charge in [0.15, 0.2) is 0 Å². The fourth-order valence-electron chi connectivity index (χ4n) is 2.58. The Morgan fingerprint density at radius 2 is 2.06 bits per heavy atom. The highest BCUT2D eigenvalue weighted by molar-refractivity contribution is 5.78. The highest BCUT2D eigenvalue weighted by Gasteiger charge is 2.29. The van der Waals surface area contributed by atoms with Crippen molar-refractivity contribution < 1.29 is 0 Å². The van der Waals surface area contributed by atoms with Crippen LogP contribution in [0.4, 0.5) is 5.69 Å². The van der Waals surface area contributed by atoms with E-state index in [9.17, 15) is 0 Å². The SMILES string of the molecule is CCc1cc(N)ccc1C1=CC=CCC1(N)CC. The van der Waals surface area contributed by atoms with Gasteiger partial charge in [0.2, 0.25) is 0 Å². The number of rotatable bonds is 3. The van der Waals surface area contributed by atoms with Crippen molar-refractivity contribution in [1.29, 1.82) is 0 Å². The molecule has 1 aliphatic carbocycles. The molecule has 0 aromatic heterocycles. The summed E-state index contributed by atoms with van der Waals surface area (Å²) >= 11 is 0. The van der Waals surface area contributed by atoms with E-state index in [-0.39, 0.29) is 5.54 Å². The molecule has 0 amide bonds. The summed E-state index contributed by atoms with van der Waals surface area (Å²) in [7, 11) is 0. The van der Waals surface area contributed by atoms with Gasteiger partial charge in [-0.15, -0.1) is 0 Å². The normalized spacial score (nSPS) is 22.9. The number of benzene rings is 1. The molecule has 0 aliphatic heterocycles. The van der Waals surface area contributed by atoms with Gasteiger partial charge in [0, 0.05) is 11.2 Å². The lowest BCUT2D eigenvalue weighted by atomic mass is 9.77. The number of hydrogen-bond donors (Lipinski definition) is 2. The smallest absolute Gasteiger partial charge is 0.0448 e. The van der Waals surface area contributed by atoms with Gasteiger partial charge in [0.25, 0.3) is 0 Å². The van der Waals surface area contributed by atoms with E-state index in [1.54, 1.807) is 0 Å². The molecule has 1 aromatic rings. The van der Waals surface area contributed by atoms with Gasteiger partial charge in [-0.05, 0) is 48.1 Å². The van der Waals surface area contributed by atoms with Crippen LogP contribution in [0.2, 0.25) is 0 Å². The molecular formula is C16H22N2. The van der Waals surface area contributed by atoms with E-state index in [0.717, 1.165) is 24.9 Å². The van der Waals surface area contributed by atoms with Crippen molar-refractivity contribution >= 4 is 11.3 Å². The summed E-state index contributed by atoms with van der Waals surface area (Å²) in [4.78, 5) is 0. The minimum absolute atomic E-state index is 0.241. The van der Waals surface area contributed by atoms with Crippen molar-refractivity contribution in [1.82, 2.24) is 0 Å². The van der Waals surface area contributed by atoms with Crippen LogP contribution in [0.1, 0.15) is 37.8 Å². The first-order chi connectivity index (χ1) is 8.60. The number of aryl methyl sites for hydroxylation is 1. The summed E-state index contributed by atoms with van der Waals surface area (Å²) in [5.74, 6) is 0. The second kappa shape index (κ2) is 4.99. The summed E-state index contributed by atoms with van der Waals surface area (Å²) in [5.41, 5.74) is 16.8. The van der Waals surface area contributed by atoms with Crippen molar-refractivity contribution in [3.05, 3.63) is 47.6 Å². The van der Waals surface area contributed by atoms with Crippen LogP contribution in [0.25, 0.3) is 5.57 Å². The molecule has 0 saturated carbocycles. The van der Waals surface area contributed by atoms with E-state index >= 15 is 0 Å². The average Bonchev–Trinajstić information content (AvgIpc) is 2.39. The van der Waals surface area contributed by atoms with Gasteiger partial charge in [0.05, 0.1) is 0 Å². The zero-order chi connectivity index (χ0) is 13.2. The molecule has 1 atom stereocenters. The molecule has 2 rings (SSSR count). The van der Waals surface area contributed by atoms with Crippen molar-refractivity contribution in [2.75, 3.05) is 5.73 Å². The van der Waals surface area contributed by atoms with Crippen LogP contribution in [0.3, 0.4) is 0 Å². The highest BCUT2D eigenvalue weighted by atomic mass is 14.7. The number of hydrogen-bond acceptors (Lipinski definition) is 2. The van der Waals surface area contributed by atoms with Crippen LogP contribution in [0, 0.1) is 0 Å². The summed E-state index contributed by atoms with van der Waals surface area (Å²) in [6.45, 7) is 4.30. The van der Waals surface area contributed by atoms with Crippen LogP contribution in [0.15, 0.2) is 36.4 Å². The largest absolute Gasteiger partial charge is 0.399 e. The maximum atomic E-state index is 6.55. The lowest BCUT2D eigenvalue weighted by Gasteiger charge is -2.33. The van der Waals surface area contributed by atoms with Crippen LogP contribution in [0.5, 0.6) is 0 Å². The molecule has 2 heteroatoms. The second-order valence-electron chi connectivity index (χ2n) is 4.99. The lowest BCUT2D eigenvalue weighted by molar-refractivity contribution is 0.530. The standard InChI is InChI=1S/C16H22N2/c1-3-12-11-13(17)8-9-14(12)15-7-5-6-10-16(15,18)4-2/h5-9,11H,3-4,10,17-18H2,1-2H3. The molecule has 1 aromatic carbocycles. The molecule has 2 nitrogen and oxygen atoms in total. The Balaban J connectivity index is 2.53. The van der Waals surface area contributed by atoms with Gasteiger partial charge < -0.3 is 11.5 Å². The fraction of sp³-hybridized carbons (Fsp3) is 0.375. The number of anilines is 1. The predicted molar refractivity (Wildman–Crippen MR) is 79.2 cm³/mol. The van der Waals surface area contributed by atoms with Gasteiger partial charge in [0.1, 0.15) is 0 Å². The number of allylic oxidation sites excluding steroid dienone is 2. The molecular weight excluding hydrogens is 220 g/mol. The molecule has 0 heterocycles.